The van der Waals surface area contributed by atoms with Gasteiger partial charge < -0.3 is 10.1 Å². The lowest BCUT2D eigenvalue weighted by atomic mass is 9.98. The van der Waals surface area contributed by atoms with Crippen molar-refractivity contribution in [2.24, 2.45) is 5.92 Å². The first-order chi connectivity index (χ1) is 9.31. The van der Waals surface area contributed by atoms with Gasteiger partial charge in [0.1, 0.15) is 5.60 Å². The Balaban J connectivity index is 2.95. The molecular weight excluding hydrogens is 250 g/mol. The predicted molar refractivity (Wildman–Crippen MR) is 83.0 cm³/mol. The van der Waals surface area contributed by atoms with E-state index in [1.807, 2.05) is 13.8 Å². The summed E-state index contributed by atoms with van der Waals surface area (Å²) in [6.45, 7) is 14.6. The molecule has 1 unspecified atom stereocenters. The fraction of sp³-hybridized carbons (Fsp3) is 0.750. The smallest absolute Gasteiger partial charge is 0.160 e. The molecule has 1 heterocycles. The molecule has 0 spiro atoms. The average Bonchev–Trinajstić information content (AvgIpc) is 2.40. The van der Waals surface area contributed by atoms with E-state index in [4.69, 9.17) is 4.74 Å². The molecule has 0 aromatic carbocycles. The fourth-order valence-electron chi connectivity index (χ4n) is 2.21. The SMILES string of the molecule is CCNCC(C)Cc1c(C)nc(C(C)(C)OC)nc1C. The summed E-state index contributed by atoms with van der Waals surface area (Å²) in [6.07, 6.45) is 1.01. The number of methoxy groups -OCH3 is 1. The van der Waals surface area contributed by atoms with Gasteiger partial charge in [-0.25, -0.2) is 9.97 Å². The Morgan fingerprint density at radius 2 is 1.75 bits per heavy atom. The van der Waals surface area contributed by atoms with E-state index in [0.717, 1.165) is 36.7 Å². The minimum atomic E-state index is -0.441. The molecule has 1 atom stereocenters. The number of nitrogens with zero attached hydrogens (tertiary/aromatic N) is 2. The summed E-state index contributed by atoms with van der Waals surface area (Å²) in [5.41, 5.74) is 2.97. The average molecular weight is 279 g/mol. The third-order valence-corrected chi connectivity index (χ3v) is 3.76. The Bertz CT molecular complexity index is 420. The Kier molecular flexibility index (Phi) is 6.08. The van der Waals surface area contributed by atoms with Crippen LogP contribution in [-0.4, -0.2) is 30.2 Å². The number of rotatable bonds is 7. The van der Waals surface area contributed by atoms with Gasteiger partial charge in [0.05, 0.1) is 0 Å². The molecule has 0 aliphatic heterocycles. The number of aromatic nitrogens is 2. The van der Waals surface area contributed by atoms with Gasteiger partial charge in [0, 0.05) is 18.5 Å². The van der Waals surface area contributed by atoms with Crippen LogP contribution in [-0.2, 0) is 16.8 Å². The fourth-order valence-corrected chi connectivity index (χ4v) is 2.21. The van der Waals surface area contributed by atoms with Crippen LogP contribution in [0.5, 0.6) is 0 Å². The number of nitrogens with one attached hydrogen (secondary N) is 1. The van der Waals surface area contributed by atoms with Crippen molar-refractivity contribution in [1.82, 2.24) is 15.3 Å². The first-order valence-corrected chi connectivity index (χ1v) is 7.42. The molecule has 20 heavy (non-hydrogen) atoms. The van der Waals surface area contributed by atoms with E-state index in [9.17, 15) is 0 Å². The van der Waals surface area contributed by atoms with Crippen LogP contribution in [0.1, 0.15) is 50.5 Å². The zero-order chi connectivity index (χ0) is 15.3. The van der Waals surface area contributed by atoms with E-state index in [-0.39, 0.29) is 0 Å². The largest absolute Gasteiger partial charge is 0.371 e. The van der Waals surface area contributed by atoms with E-state index in [1.54, 1.807) is 7.11 Å². The third-order valence-electron chi connectivity index (χ3n) is 3.76. The van der Waals surface area contributed by atoms with Gasteiger partial charge in [-0.05, 0) is 58.7 Å². The number of aryl methyl sites for hydroxylation is 2. The molecule has 4 nitrogen and oxygen atoms in total. The summed E-state index contributed by atoms with van der Waals surface area (Å²) in [6, 6.07) is 0. The van der Waals surface area contributed by atoms with E-state index in [2.05, 4.69) is 43.0 Å². The van der Waals surface area contributed by atoms with Crippen LogP contribution in [0.3, 0.4) is 0 Å². The topological polar surface area (TPSA) is 47.0 Å². The molecule has 0 fully saturated rings. The van der Waals surface area contributed by atoms with E-state index < -0.39 is 5.60 Å². The van der Waals surface area contributed by atoms with Gasteiger partial charge in [-0.15, -0.1) is 0 Å². The molecule has 0 saturated carbocycles. The maximum Gasteiger partial charge on any atom is 0.160 e. The predicted octanol–water partition coefficient (Wildman–Crippen LogP) is 2.76. The van der Waals surface area contributed by atoms with Gasteiger partial charge in [0.25, 0.3) is 0 Å². The number of ether oxygens (including phenoxy) is 1. The van der Waals surface area contributed by atoms with Crippen LogP contribution in [0.2, 0.25) is 0 Å². The standard InChI is InChI=1S/C16H29N3O/c1-8-17-10-11(2)9-14-12(3)18-15(19-13(14)4)16(5,6)20-7/h11,17H,8-10H2,1-7H3. The molecular formula is C16H29N3O. The van der Waals surface area contributed by atoms with Crippen molar-refractivity contribution in [1.29, 1.82) is 0 Å². The molecule has 0 amide bonds. The van der Waals surface area contributed by atoms with Crippen molar-refractivity contribution < 1.29 is 4.74 Å². The van der Waals surface area contributed by atoms with Gasteiger partial charge in [-0.2, -0.15) is 0 Å². The van der Waals surface area contributed by atoms with Crippen LogP contribution in [0.4, 0.5) is 0 Å². The maximum absolute atomic E-state index is 5.47. The van der Waals surface area contributed by atoms with E-state index >= 15 is 0 Å². The minimum Gasteiger partial charge on any atom is -0.371 e. The maximum atomic E-state index is 5.47. The third kappa shape index (κ3) is 4.25. The van der Waals surface area contributed by atoms with Crippen molar-refractivity contribution in [2.45, 2.75) is 53.6 Å². The second-order valence-corrected chi connectivity index (χ2v) is 6.03. The highest BCUT2D eigenvalue weighted by Crippen LogP contribution is 2.23. The molecule has 0 radical (unpaired) electrons. The van der Waals surface area contributed by atoms with E-state index in [1.165, 1.54) is 5.56 Å². The van der Waals surface area contributed by atoms with Crippen LogP contribution in [0, 0.1) is 19.8 Å². The zero-order valence-electron chi connectivity index (χ0n) is 14.0. The molecule has 0 bridgehead atoms. The lowest BCUT2D eigenvalue weighted by molar-refractivity contribution is 0.0111. The molecule has 1 rings (SSSR count). The summed E-state index contributed by atoms with van der Waals surface area (Å²) in [4.78, 5) is 9.31. The quantitative estimate of drug-likeness (QED) is 0.833. The molecule has 1 aromatic rings. The molecule has 1 aromatic heterocycles. The molecule has 0 aliphatic carbocycles. The summed E-state index contributed by atoms with van der Waals surface area (Å²) < 4.78 is 5.47. The monoisotopic (exact) mass is 279 g/mol. The molecule has 1 N–H and O–H groups in total. The Hall–Kier alpha value is -1.00. The highest BCUT2D eigenvalue weighted by molar-refractivity contribution is 5.26. The van der Waals surface area contributed by atoms with Crippen LogP contribution >= 0.6 is 0 Å². The van der Waals surface area contributed by atoms with Crippen molar-refractivity contribution in [3.8, 4) is 0 Å². The van der Waals surface area contributed by atoms with Crippen LogP contribution in [0.25, 0.3) is 0 Å². The van der Waals surface area contributed by atoms with Crippen molar-refractivity contribution in [2.75, 3.05) is 20.2 Å². The summed E-state index contributed by atoms with van der Waals surface area (Å²) in [5.74, 6) is 1.34. The zero-order valence-corrected chi connectivity index (χ0v) is 14.0. The molecule has 0 saturated heterocycles. The van der Waals surface area contributed by atoms with Gasteiger partial charge in [0.2, 0.25) is 0 Å². The number of hydrogen-bond acceptors (Lipinski definition) is 4. The molecule has 0 aliphatic rings. The summed E-state index contributed by atoms with van der Waals surface area (Å²) in [7, 11) is 1.69. The lowest BCUT2D eigenvalue weighted by Gasteiger charge is -2.23. The van der Waals surface area contributed by atoms with Crippen molar-refractivity contribution >= 4 is 0 Å². The lowest BCUT2D eigenvalue weighted by Crippen LogP contribution is -2.26. The Labute approximate surface area is 123 Å². The van der Waals surface area contributed by atoms with E-state index in [0.29, 0.717) is 5.92 Å². The summed E-state index contributed by atoms with van der Waals surface area (Å²) >= 11 is 0. The Morgan fingerprint density at radius 1 is 1.20 bits per heavy atom. The Morgan fingerprint density at radius 3 is 2.20 bits per heavy atom. The van der Waals surface area contributed by atoms with Gasteiger partial charge >= 0.3 is 0 Å². The second kappa shape index (κ2) is 7.14. The summed E-state index contributed by atoms with van der Waals surface area (Å²) in [5, 5.41) is 3.39. The molecule has 114 valence electrons. The highest BCUT2D eigenvalue weighted by atomic mass is 16.5. The first kappa shape index (κ1) is 17.1. The van der Waals surface area contributed by atoms with Crippen LogP contribution in [0.15, 0.2) is 0 Å². The van der Waals surface area contributed by atoms with Crippen molar-refractivity contribution in [3.63, 3.8) is 0 Å². The van der Waals surface area contributed by atoms with Gasteiger partial charge in [-0.3, -0.25) is 0 Å². The minimum absolute atomic E-state index is 0.441. The normalized spacial score (nSPS) is 13.6. The van der Waals surface area contributed by atoms with Crippen molar-refractivity contribution in [3.05, 3.63) is 22.8 Å². The second-order valence-electron chi connectivity index (χ2n) is 6.03. The number of hydrogen-bond donors (Lipinski definition) is 1. The highest BCUT2D eigenvalue weighted by Gasteiger charge is 2.25. The van der Waals surface area contributed by atoms with Crippen LogP contribution < -0.4 is 5.32 Å². The van der Waals surface area contributed by atoms with Gasteiger partial charge in [0.15, 0.2) is 5.82 Å². The first-order valence-electron chi connectivity index (χ1n) is 7.42. The van der Waals surface area contributed by atoms with Gasteiger partial charge in [-0.1, -0.05) is 13.8 Å². The molecule has 4 heteroatoms.